The maximum atomic E-state index is 12.5. The third-order valence-electron chi connectivity index (χ3n) is 4.54. The molecular formula is C21H24N4O5S. The Balaban J connectivity index is 1.69. The van der Waals surface area contributed by atoms with Crippen molar-refractivity contribution in [2.24, 2.45) is 0 Å². The smallest absolute Gasteiger partial charge is 0.309 e. The summed E-state index contributed by atoms with van der Waals surface area (Å²) in [6.07, 6.45) is 0. The molecule has 3 aromatic rings. The van der Waals surface area contributed by atoms with Gasteiger partial charge in [-0.1, -0.05) is 12.1 Å². The zero-order valence-electron chi connectivity index (χ0n) is 17.7. The molecule has 31 heavy (non-hydrogen) atoms. The van der Waals surface area contributed by atoms with E-state index in [1.807, 2.05) is 38.1 Å². The van der Waals surface area contributed by atoms with Crippen LogP contribution in [0.5, 0.6) is 5.75 Å². The SMILES string of the molecule is CCOc1ccc([C@H](C)NC(=O)c2nnc(-c3ccc(S(=O)(=O)N(C)C)cc3)o2)cc1. The van der Waals surface area contributed by atoms with E-state index in [0.717, 1.165) is 15.6 Å². The number of ether oxygens (including phenoxy) is 1. The van der Waals surface area contributed by atoms with Crippen molar-refractivity contribution in [1.82, 2.24) is 19.8 Å². The number of amides is 1. The van der Waals surface area contributed by atoms with Gasteiger partial charge in [-0.3, -0.25) is 4.79 Å². The molecule has 3 rings (SSSR count). The quantitative estimate of drug-likeness (QED) is 0.568. The lowest BCUT2D eigenvalue weighted by atomic mass is 10.1. The van der Waals surface area contributed by atoms with Crippen LogP contribution in [0, 0.1) is 0 Å². The lowest BCUT2D eigenvalue weighted by molar-refractivity contribution is 0.0905. The molecule has 0 unspecified atom stereocenters. The number of nitrogens with zero attached hydrogens (tertiary/aromatic N) is 3. The lowest BCUT2D eigenvalue weighted by Crippen LogP contribution is -2.26. The molecule has 0 aliphatic heterocycles. The molecule has 0 bridgehead atoms. The van der Waals surface area contributed by atoms with Crippen LogP contribution >= 0.6 is 0 Å². The van der Waals surface area contributed by atoms with Gasteiger partial charge < -0.3 is 14.5 Å². The van der Waals surface area contributed by atoms with Gasteiger partial charge in [-0.05, 0) is 55.8 Å². The average molecular weight is 445 g/mol. The second-order valence-electron chi connectivity index (χ2n) is 6.92. The van der Waals surface area contributed by atoms with Crippen molar-refractivity contribution in [1.29, 1.82) is 0 Å². The number of hydrogen-bond acceptors (Lipinski definition) is 7. The number of sulfonamides is 1. The van der Waals surface area contributed by atoms with Gasteiger partial charge in [-0.2, -0.15) is 0 Å². The highest BCUT2D eigenvalue weighted by molar-refractivity contribution is 7.89. The molecular weight excluding hydrogens is 420 g/mol. The van der Waals surface area contributed by atoms with Gasteiger partial charge in [-0.25, -0.2) is 12.7 Å². The number of carbonyl (C=O) groups is 1. The van der Waals surface area contributed by atoms with Gasteiger partial charge in [-0.15, -0.1) is 10.2 Å². The van der Waals surface area contributed by atoms with Gasteiger partial charge in [0.05, 0.1) is 17.5 Å². The summed E-state index contributed by atoms with van der Waals surface area (Å²) in [7, 11) is -0.618. The molecule has 1 N–H and O–H groups in total. The Bertz CT molecular complexity index is 1140. The van der Waals surface area contributed by atoms with E-state index in [1.54, 1.807) is 12.1 Å². The molecule has 2 aromatic carbocycles. The minimum absolute atomic E-state index is 0.118. The van der Waals surface area contributed by atoms with Gasteiger partial charge >= 0.3 is 11.8 Å². The highest BCUT2D eigenvalue weighted by Crippen LogP contribution is 2.22. The third kappa shape index (κ3) is 5.09. The Morgan fingerprint density at radius 3 is 2.32 bits per heavy atom. The fourth-order valence-corrected chi connectivity index (χ4v) is 3.67. The molecule has 0 fully saturated rings. The van der Waals surface area contributed by atoms with Crippen molar-refractivity contribution < 1.29 is 22.4 Å². The van der Waals surface area contributed by atoms with E-state index < -0.39 is 15.9 Å². The van der Waals surface area contributed by atoms with Crippen molar-refractivity contribution in [3.05, 3.63) is 60.0 Å². The maximum absolute atomic E-state index is 12.5. The first kappa shape index (κ1) is 22.4. The minimum atomic E-state index is -3.54. The van der Waals surface area contributed by atoms with Gasteiger partial charge in [0.15, 0.2) is 0 Å². The zero-order chi connectivity index (χ0) is 22.6. The Morgan fingerprint density at radius 1 is 1.10 bits per heavy atom. The van der Waals surface area contributed by atoms with Gasteiger partial charge in [0.2, 0.25) is 15.9 Å². The fraction of sp³-hybridized carbons (Fsp3) is 0.286. The summed E-state index contributed by atoms with van der Waals surface area (Å²) < 4.78 is 36.3. The van der Waals surface area contributed by atoms with Crippen molar-refractivity contribution in [3.8, 4) is 17.2 Å². The summed E-state index contributed by atoms with van der Waals surface area (Å²) in [5.74, 6) is 0.188. The lowest BCUT2D eigenvalue weighted by Gasteiger charge is -2.13. The standard InChI is InChI=1S/C21H24N4O5S/c1-5-29-17-10-6-15(7-11-17)14(2)22-19(26)21-24-23-20(30-21)16-8-12-18(13-9-16)31(27,28)25(3)4/h6-14H,5H2,1-4H3,(H,22,26)/t14-/m0/s1. The van der Waals surface area contributed by atoms with Gasteiger partial charge in [0.25, 0.3) is 0 Å². The number of rotatable bonds is 8. The van der Waals surface area contributed by atoms with Gasteiger partial charge in [0.1, 0.15) is 5.75 Å². The highest BCUT2D eigenvalue weighted by atomic mass is 32.2. The summed E-state index contributed by atoms with van der Waals surface area (Å²) in [6, 6.07) is 13.1. The first-order chi connectivity index (χ1) is 14.7. The third-order valence-corrected chi connectivity index (χ3v) is 6.37. The van der Waals surface area contributed by atoms with Crippen molar-refractivity contribution in [2.75, 3.05) is 20.7 Å². The van der Waals surface area contributed by atoms with Crippen LogP contribution in [0.25, 0.3) is 11.5 Å². The maximum Gasteiger partial charge on any atom is 0.309 e. The van der Waals surface area contributed by atoms with Crippen LogP contribution in [-0.2, 0) is 10.0 Å². The largest absolute Gasteiger partial charge is 0.494 e. The predicted octanol–water partition coefficient (Wildman–Crippen LogP) is 2.88. The molecule has 1 atom stereocenters. The van der Waals surface area contributed by atoms with Crippen molar-refractivity contribution >= 4 is 15.9 Å². The van der Waals surface area contributed by atoms with E-state index in [9.17, 15) is 13.2 Å². The minimum Gasteiger partial charge on any atom is -0.494 e. The summed E-state index contributed by atoms with van der Waals surface area (Å²) in [6.45, 7) is 4.34. The number of aromatic nitrogens is 2. The van der Waals surface area contributed by atoms with Crippen LogP contribution in [0.4, 0.5) is 0 Å². The zero-order valence-corrected chi connectivity index (χ0v) is 18.5. The molecule has 164 valence electrons. The second-order valence-corrected chi connectivity index (χ2v) is 9.07. The van der Waals surface area contributed by atoms with Crippen LogP contribution in [0.3, 0.4) is 0 Å². The van der Waals surface area contributed by atoms with E-state index >= 15 is 0 Å². The van der Waals surface area contributed by atoms with Crippen LogP contribution in [0.1, 0.15) is 36.1 Å². The Morgan fingerprint density at radius 2 is 1.74 bits per heavy atom. The van der Waals surface area contributed by atoms with Crippen LogP contribution in [0.2, 0.25) is 0 Å². The predicted molar refractivity (Wildman–Crippen MR) is 114 cm³/mol. The van der Waals surface area contributed by atoms with E-state index in [2.05, 4.69) is 15.5 Å². The van der Waals surface area contributed by atoms with E-state index in [1.165, 1.54) is 26.2 Å². The van der Waals surface area contributed by atoms with Gasteiger partial charge in [0, 0.05) is 19.7 Å². The van der Waals surface area contributed by atoms with Crippen LogP contribution in [-0.4, -0.2) is 49.5 Å². The molecule has 1 heterocycles. The summed E-state index contributed by atoms with van der Waals surface area (Å²) in [5.41, 5.74) is 1.40. The molecule has 1 amide bonds. The highest BCUT2D eigenvalue weighted by Gasteiger charge is 2.20. The topological polar surface area (TPSA) is 115 Å². The average Bonchev–Trinajstić information content (AvgIpc) is 3.25. The van der Waals surface area contributed by atoms with Crippen LogP contribution < -0.4 is 10.1 Å². The van der Waals surface area contributed by atoms with Crippen LogP contribution in [0.15, 0.2) is 57.8 Å². The Hall–Kier alpha value is -3.24. The number of carbonyl (C=O) groups excluding carboxylic acids is 1. The molecule has 0 saturated carbocycles. The van der Waals surface area contributed by atoms with E-state index in [0.29, 0.717) is 12.2 Å². The summed E-state index contributed by atoms with van der Waals surface area (Å²) >= 11 is 0. The Labute approximate surface area is 181 Å². The number of benzene rings is 2. The number of hydrogen-bond donors (Lipinski definition) is 1. The molecule has 0 aliphatic rings. The summed E-state index contributed by atoms with van der Waals surface area (Å²) in [5, 5.41) is 10.5. The fourth-order valence-electron chi connectivity index (χ4n) is 2.77. The van der Waals surface area contributed by atoms with E-state index in [4.69, 9.17) is 9.15 Å². The van der Waals surface area contributed by atoms with Crippen molar-refractivity contribution in [2.45, 2.75) is 24.8 Å². The Kier molecular flexibility index (Phi) is 6.71. The van der Waals surface area contributed by atoms with E-state index in [-0.39, 0.29) is 22.7 Å². The molecule has 0 spiro atoms. The molecule has 10 heteroatoms. The first-order valence-electron chi connectivity index (χ1n) is 9.62. The first-order valence-corrected chi connectivity index (χ1v) is 11.1. The number of nitrogens with one attached hydrogen (secondary N) is 1. The molecule has 0 radical (unpaired) electrons. The molecule has 9 nitrogen and oxygen atoms in total. The molecule has 1 aromatic heterocycles. The van der Waals surface area contributed by atoms with Crippen molar-refractivity contribution in [3.63, 3.8) is 0 Å². The molecule has 0 aliphatic carbocycles. The molecule has 0 saturated heterocycles. The monoisotopic (exact) mass is 444 g/mol. The summed E-state index contributed by atoms with van der Waals surface area (Å²) in [4.78, 5) is 12.6. The second kappa shape index (κ2) is 9.27. The normalized spacial score (nSPS) is 12.5.